The lowest BCUT2D eigenvalue weighted by Crippen LogP contribution is -2.08. The number of ether oxygens (including phenoxy) is 1. The van der Waals surface area contributed by atoms with E-state index in [4.69, 9.17) is 10.5 Å². The lowest BCUT2D eigenvalue weighted by molar-refractivity contribution is 0.295. The second-order valence-electron chi connectivity index (χ2n) is 4.39. The smallest absolute Gasteiger partial charge is 0.130 e. The minimum atomic E-state index is 0.412. The molecule has 1 aliphatic rings. The summed E-state index contributed by atoms with van der Waals surface area (Å²) in [5.41, 5.74) is 7.89. The van der Waals surface area contributed by atoms with Gasteiger partial charge in [0.05, 0.1) is 6.10 Å². The number of nitrogens with two attached hydrogens (primary N) is 1. The van der Waals surface area contributed by atoms with Crippen molar-refractivity contribution in [2.75, 3.05) is 0 Å². The molecule has 0 spiro atoms. The van der Waals surface area contributed by atoms with Crippen LogP contribution in [0.5, 0.6) is 5.75 Å². The number of aromatic nitrogens is 1. The van der Waals surface area contributed by atoms with Gasteiger partial charge in [0.1, 0.15) is 5.75 Å². The van der Waals surface area contributed by atoms with E-state index in [-0.39, 0.29) is 0 Å². The molecule has 0 saturated heterocycles. The molecule has 1 aromatic rings. The number of hydrogen-bond acceptors (Lipinski definition) is 3. The second kappa shape index (κ2) is 4.19. The zero-order chi connectivity index (χ0) is 10.8. The third kappa shape index (κ3) is 2.29. The average molecular weight is 206 g/mol. The highest BCUT2D eigenvalue weighted by atomic mass is 16.5. The Morgan fingerprint density at radius 2 is 2.20 bits per heavy atom. The standard InChI is InChI=1S/C12H18N2O/c1-8(2)11-7-14-6-9(5-13)12(11)15-10-3-4-10/h6-8,10H,3-5,13H2,1-2H3. The van der Waals surface area contributed by atoms with E-state index in [0.717, 1.165) is 11.3 Å². The third-order valence-corrected chi connectivity index (χ3v) is 2.65. The molecule has 15 heavy (non-hydrogen) atoms. The molecule has 2 N–H and O–H groups in total. The van der Waals surface area contributed by atoms with Crippen LogP contribution in [0.3, 0.4) is 0 Å². The molecule has 1 saturated carbocycles. The third-order valence-electron chi connectivity index (χ3n) is 2.65. The first-order valence-corrected chi connectivity index (χ1v) is 5.56. The van der Waals surface area contributed by atoms with Gasteiger partial charge in [0.15, 0.2) is 0 Å². The normalized spacial score (nSPS) is 15.7. The van der Waals surface area contributed by atoms with Crippen LogP contribution in [-0.4, -0.2) is 11.1 Å². The lowest BCUT2D eigenvalue weighted by Gasteiger charge is -2.16. The first kappa shape index (κ1) is 10.4. The monoisotopic (exact) mass is 206 g/mol. The van der Waals surface area contributed by atoms with Gasteiger partial charge in [-0.05, 0) is 18.8 Å². The molecule has 0 amide bonds. The summed E-state index contributed by atoms with van der Waals surface area (Å²) in [6, 6.07) is 0. The quantitative estimate of drug-likeness (QED) is 0.821. The van der Waals surface area contributed by atoms with Crippen molar-refractivity contribution >= 4 is 0 Å². The molecule has 3 nitrogen and oxygen atoms in total. The van der Waals surface area contributed by atoms with Gasteiger partial charge < -0.3 is 10.5 Å². The lowest BCUT2D eigenvalue weighted by atomic mass is 10.0. The van der Waals surface area contributed by atoms with E-state index >= 15 is 0 Å². The number of nitrogens with zero attached hydrogens (tertiary/aromatic N) is 1. The number of hydrogen-bond donors (Lipinski definition) is 1. The summed E-state index contributed by atoms with van der Waals surface area (Å²) >= 11 is 0. The van der Waals surface area contributed by atoms with Crippen LogP contribution in [0.1, 0.15) is 43.7 Å². The molecule has 0 aliphatic heterocycles. The van der Waals surface area contributed by atoms with E-state index in [0.29, 0.717) is 18.6 Å². The molecule has 1 heterocycles. The van der Waals surface area contributed by atoms with Crippen molar-refractivity contribution in [1.82, 2.24) is 4.98 Å². The summed E-state index contributed by atoms with van der Waals surface area (Å²) in [7, 11) is 0. The Labute approximate surface area is 90.7 Å². The van der Waals surface area contributed by atoms with E-state index in [9.17, 15) is 0 Å². The molecule has 0 radical (unpaired) electrons. The molecule has 0 atom stereocenters. The largest absolute Gasteiger partial charge is 0.490 e. The maximum atomic E-state index is 5.92. The van der Waals surface area contributed by atoms with Crippen LogP contribution in [0, 0.1) is 0 Å². The van der Waals surface area contributed by atoms with E-state index in [1.807, 2.05) is 12.4 Å². The summed E-state index contributed by atoms with van der Waals surface area (Å²) in [6.45, 7) is 4.80. The summed E-state index contributed by atoms with van der Waals surface area (Å²) < 4.78 is 5.92. The highest BCUT2D eigenvalue weighted by Crippen LogP contribution is 2.34. The molecular formula is C12H18N2O. The molecule has 0 unspecified atom stereocenters. The van der Waals surface area contributed by atoms with E-state index in [1.165, 1.54) is 18.4 Å². The van der Waals surface area contributed by atoms with Crippen molar-refractivity contribution in [3.63, 3.8) is 0 Å². The summed E-state index contributed by atoms with van der Waals surface area (Å²) in [4.78, 5) is 4.21. The Morgan fingerprint density at radius 1 is 1.47 bits per heavy atom. The summed E-state index contributed by atoms with van der Waals surface area (Å²) in [6.07, 6.45) is 6.45. The minimum Gasteiger partial charge on any atom is -0.490 e. The van der Waals surface area contributed by atoms with Gasteiger partial charge in [0, 0.05) is 30.1 Å². The van der Waals surface area contributed by atoms with Gasteiger partial charge in [-0.25, -0.2) is 0 Å². The Kier molecular flexibility index (Phi) is 2.91. The maximum absolute atomic E-state index is 5.92. The molecule has 0 bridgehead atoms. The van der Waals surface area contributed by atoms with Crippen molar-refractivity contribution < 1.29 is 4.74 Å². The van der Waals surface area contributed by atoms with Gasteiger partial charge in [-0.2, -0.15) is 0 Å². The van der Waals surface area contributed by atoms with Crippen LogP contribution in [-0.2, 0) is 6.54 Å². The Hall–Kier alpha value is -1.09. The van der Waals surface area contributed by atoms with Gasteiger partial charge in [-0.15, -0.1) is 0 Å². The molecule has 1 aliphatic carbocycles. The molecule has 1 fully saturated rings. The molecule has 0 aromatic carbocycles. The fraction of sp³-hybridized carbons (Fsp3) is 0.583. The van der Waals surface area contributed by atoms with Crippen molar-refractivity contribution in [2.24, 2.45) is 5.73 Å². The Bertz CT molecular complexity index is 345. The van der Waals surface area contributed by atoms with Crippen LogP contribution < -0.4 is 10.5 Å². The SMILES string of the molecule is CC(C)c1cncc(CN)c1OC1CC1. The predicted octanol–water partition coefficient (Wildman–Crippen LogP) is 2.20. The minimum absolute atomic E-state index is 0.412. The van der Waals surface area contributed by atoms with Crippen LogP contribution >= 0.6 is 0 Å². The van der Waals surface area contributed by atoms with Crippen LogP contribution in [0.25, 0.3) is 0 Å². The Balaban J connectivity index is 2.34. The van der Waals surface area contributed by atoms with Crippen molar-refractivity contribution in [3.05, 3.63) is 23.5 Å². The molecule has 1 aromatic heterocycles. The second-order valence-corrected chi connectivity index (χ2v) is 4.39. The first-order valence-electron chi connectivity index (χ1n) is 5.56. The van der Waals surface area contributed by atoms with Crippen LogP contribution in [0.4, 0.5) is 0 Å². The number of rotatable bonds is 4. The number of pyridine rings is 1. The van der Waals surface area contributed by atoms with Crippen molar-refractivity contribution in [2.45, 2.75) is 45.3 Å². The van der Waals surface area contributed by atoms with Gasteiger partial charge in [0.2, 0.25) is 0 Å². The summed E-state index contributed by atoms with van der Waals surface area (Å²) in [5, 5.41) is 0. The first-order chi connectivity index (χ1) is 7.22. The van der Waals surface area contributed by atoms with Gasteiger partial charge in [-0.3, -0.25) is 4.98 Å². The highest BCUT2D eigenvalue weighted by Gasteiger charge is 2.26. The topological polar surface area (TPSA) is 48.1 Å². The average Bonchev–Trinajstić information content (AvgIpc) is 3.01. The van der Waals surface area contributed by atoms with Crippen LogP contribution in [0.2, 0.25) is 0 Å². The fourth-order valence-electron chi connectivity index (χ4n) is 1.56. The zero-order valence-electron chi connectivity index (χ0n) is 9.36. The zero-order valence-corrected chi connectivity index (χ0v) is 9.36. The van der Waals surface area contributed by atoms with Gasteiger partial charge in [0.25, 0.3) is 0 Å². The predicted molar refractivity (Wildman–Crippen MR) is 59.9 cm³/mol. The van der Waals surface area contributed by atoms with E-state index in [2.05, 4.69) is 18.8 Å². The summed E-state index contributed by atoms with van der Waals surface area (Å²) in [5.74, 6) is 1.41. The van der Waals surface area contributed by atoms with Crippen LogP contribution in [0.15, 0.2) is 12.4 Å². The molecule has 2 rings (SSSR count). The maximum Gasteiger partial charge on any atom is 0.130 e. The van der Waals surface area contributed by atoms with Gasteiger partial charge in [-0.1, -0.05) is 13.8 Å². The van der Waals surface area contributed by atoms with E-state index < -0.39 is 0 Å². The fourth-order valence-corrected chi connectivity index (χ4v) is 1.56. The van der Waals surface area contributed by atoms with Crippen molar-refractivity contribution in [1.29, 1.82) is 0 Å². The van der Waals surface area contributed by atoms with Gasteiger partial charge >= 0.3 is 0 Å². The van der Waals surface area contributed by atoms with E-state index in [1.54, 1.807) is 0 Å². The van der Waals surface area contributed by atoms with Crippen molar-refractivity contribution in [3.8, 4) is 5.75 Å². The highest BCUT2D eigenvalue weighted by molar-refractivity contribution is 5.40. The molecule has 82 valence electrons. The molecular weight excluding hydrogens is 188 g/mol. The molecule has 3 heteroatoms. The Morgan fingerprint density at radius 3 is 2.73 bits per heavy atom.